The SMILES string of the molecule is [N-]=[N+]=NC(=O)OCC/C=C\C=C/c1ccccc1. The van der Waals surface area contributed by atoms with Crippen molar-refractivity contribution in [1.29, 1.82) is 0 Å². The van der Waals surface area contributed by atoms with Crippen LogP contribution in [0.1, 0.15) is 12.0 Å². The minimum Gasteiger partial charge on any atom is -0.461 e. The van der Waals surface area contributed by atoms with Crippen LogP contribution in [0, 0.1) is 0 Å². The Hall–Kier alpha value is -2.52. The van der Waals surface area contributed by atoms with Crippen LogP contribution in [0.5, 0.6) is 0 Å². The highest BCUT2D eigenvalue weighted by molar-refractivity contribution is 5.67. The zero-order chi connectivity index (χ0) is 13.1. The molecule has 0 fully saturated rings. The van der Waals surface area contributed by atoms with Crippen LogP contribution in [0.25, 0.3) is 16.5 Å². The van der Waals surface area contributed by atoms with E-state index < -0.39 is 6.09 Å². The lowest BCUT2D eigenvalue weighted by molar-refractivity contribution is 0.159. The fourth-order valence-corrected chi connectivity index (χ4v) is 1.19. The second kappa shape index (κ2) is 8.61. The van der Waals surface area contributed by atoms with Crippen molar-refractivity contribution in [3.05, 3.63) is 64.6 Å². The lowest BCUT2D eigenvalue weighted by Crippen LogP contribution is -1.98. The third-order valence-corrected chi connectivity index (χ3v) is 1.97. The topological polar surface area (TPSA) is 75.1 Å². The van der Waals surface area contributed by atoms with Gasteiger partial charge in [0.1, 0.15) is 0 Å². The molecule has 0 bridgehead atoms. The Morgan fingerprint density at radius 2 is 2.11 bits per heavy atom. The Labute approximate surface area is 105 Å². The number of amides is 1. The summed E-state index contributed by atoms with van der Waals surface area (Å²) in [5, 5.41) is 2.78. The Morgan fingerprint density at radius 1 is 1.33 bits per heavy atom. The maximum atomic E-state index is 10.6. The van der Waals surface area contributed by atoms with Crippen molar-refractivity contribution in [3.63, 3.8) is 0 Å². The molecular weight excluding hydrogens is 230 g/mol. The fraction of sp³-hybridized carbons (Fsp3) is 0.154. The van der Waals surface area contributed by atoms with Gasteiger partial charge in [0.25, 0.3) is 0 Å². The minimum absolute atomic E-state index is 0.202. The van der Waals surface area contributed by atoms with E-state index in [2.05, 4.69) is 14.8 Å². The number of hydrogen-bond donors (Lipinski definition) is 0. The van der Waals surface area contributed by atoms with Crippen molar-refractivity contribution < 1.29 is 9.53 Å². The Morgan fingerprint density at radius 3 is 2.83 bits per heavy atom. The molecule has 0 heterocycles. The van der Waals surface area contributed by atoms with Crippen molar-refractivity contribution in [2.75, 3.05) is 6.61 Å². The fourth-order valence-electron chi connectivity index (χ4n) is 1.19. The summed E-state index contributed by atoms with van der Waals surface area (Å²) < 4.78 is 4.61. The van der Waals surface area contributed by atoms with E-state index in [1.54, 1.807) is 0 Å². The van der Waals surface area contributed by atoms with E-state index in [1.807, 2.05) is 54.6 Å². The lowest BCUT2D eigenvalue weighted by Gasteiger charge is -1.95. The molecule has 0 aliphatic rings. The van der Waals surface area contributed by atoms with Crippen LogP contribution in [-0.2, 0) is 4.74 Å². The van der Waals surface area contributed by atoms with Gasteiger partial charge in [0.2, 0.25) is 0 Å². The van der Waals surface area contributed by atoms with E-state index in [1.165, 1.54) is 0 Å². The largest absolute Gasteiger partial charge is 0.461 e. The Bertz CT molecular complexity index is 474. The molecule has 0 atom stereocenters. The molecule has 0 N–H and O–H groups in total. The molecule has 18 heavy (non-hydrogen) atoms. The molecule has 92 valence electrons. The van der Waals surface area contributed by atoms with E-state index >= 15 is 0 Å². The van der Waals surface area contributed by atoms with Gasteiger partial charge < -0.3 is 4.74 Å². The predicted octanol–water partition coefficient (Wildman–Crippen LogP) is 4.09. The summed E-state index contributed by atoms with van der Waals surface area (Å²) in [6.07, 6.45) is 7.29. The van der Waals surface area contributed by atoms with Gasteiger partial charge in [-0.25, -0.2) is 4.79 Å². The van der Waals surface area contributed by atoms with Crippen LogP contribution in [-0.4, -0.2) is 12.7 Å². The first kappa shape index (κ1) is 13.5. The highest BCUT2D eigenvalue weighted by Gasteiger charge is 1.94. The summed E-state index contributed by atoms with van der Waals surface area (Å²) in [4.78, 5) is 13.0. The average molecular weight is 243 g/mol. The maximum Gasteiger partial charge on any atom is 0.396 e. The molecule has 0 aliphatic carbocycles. The van der Waals surface area contributed by atoms with Gasteiger partial charge in [-0.15, -0.1) is 0 Å². The van der Waals surface area contributed by atoms with E-state index in [0.29, 0.717) is 6.42 Å². The van der Waals surface area contributed by atoms with Gasteiger partial charge in [-0.3, -0.25) is 0 Å². The highest BCUT2D eigenvalue weighted by atomic mass is 16.5. The summed E-state index contributed by atoms with van der Waals surface area (Å²) in [7, 11) is 0. The van der Waals surface area contributed by atoms with Gasteiger partial charge in [0.15, 0.2) is 0 Å². The predicted molar refractivity (Wildman–Crippen MR) is 69.7 cm³/mol. The summed E-state index contributed by atoms with van der Waals surface area (Å²) in [6, 6.07) is 9.92. The molecule has 0 saturated carbocycles. The van der Waals surface area contributed by atoms with Crippen LogP contribution in [0.4, 0.5) is 4.79 Å². The Balaban J connectivity index is 2.20. The highest BCUT2D eigenvalue weighted by Crippen LogP contribution is 2.01. The second-order valence-corrected chi connectivity index (χ2v) is 3.29. The molecule has 1 aromatic carbocycles. The zero-order valence-electron chi connectivity index (χ0n) is 9.77. The van der Waals surface area contributed by atoms with Gasteiger partial charge in [-0.2, -0.15) is 0 Å². The van der Waals surface area contributed by atoms with E-state index in [-0.39, 0.29) is 6.61 Å². The smallest absolute Gasteiger partial charge is 0.396 e. The molecule has 0 radical (unpaired) electrons. The number of ether oxygens (including phenoxy) is 1. The van der Waals surface area contributed by atoms with E-state index in [4.69, 9.17) is 5.53 Å². The number of carbonyl (C=O) groups is 1. The molecule has 0 aromatic heterocycles. The average Bonchev–Trinajstić information content (AvgIpc) is 2.39. The quantitative estimate of drug-likeness (QED) is 0.257. The summed E-state index contributed by atoms with van der Waals surface area (Å²) >= 11 is 0. The number of nitrogens with zero attached hydrogens (tertiary/aromatic N) is 3. The third-order valence-electron chi connectivity index (χ3n) is 1.97. The van der Waals surface area contributed by atoms with Crippen LogP contribution >= 0.6 is 0 Å². The number of carbonyl (C=O) groups excluding carboxylic acids is 1. The summed E-state index contributed by atoms with van der Waals surface area (Å²) in [6.45, 7) is 0.202. The molecule has 5 nitrogen and oxygen atoms in total. The van der Waals surface area contributed by atoms with Crippen LogP contribution < -0.4 is 0 Å². The molecule has 0 aliphatic heterocycles. The second-order valence-electron chi connectivity index (χ2n) is 3.29. The molecule has 1 amide bonds. The first-order valence-corrected chi connectivity index (χ1v) is 5.43. The summed E-state index contributed by atoms with van der Waals surface area (Å²) in [5.41, 5.74) is 9.07. The van der Waals surface area contributed by atoms with Crippen molar-refractivity contribution in [1.82, 2.24) is 0 Å². The zero-order valence-corrected chi connectivity index (χ0v) is 9.77. The maximum absolute atomic E-state index is 10.6. The molecule has 0 spiro atoms. The molecule has 1 aromatic rings. The standard InChI is InChI=1S/C13H13N3O2/c14-16-15-13(17)18-11-7-2-1-4-8-12-9-5-3-6-10-12/h1-6,8-10H,7,11H2/b2-1-,8-4-. The number of azide groups is 1. The van der Waals surface area contributed by atoms with Gasteiger partial charge in [-0.1, -0.05) is 54.6 Å². The minimum atomic E-state index is -0.897. The van der Waals surface area contributed by atoms with Gasteiger partial charge in [0, 0.05) is 10.0 Å². The first-order valence-electron chi connectivity index (χ1n) is 5.43. The van der Waals surface area contributed by atoms with E-state index in [0.717, 1.165) is 5.56 Å². The first-order chi connectivity index (χ1) is 8.83. The number of rotatable bonds is 5. The van der Waals surface area contributed by atoms with Gasteiger partial charge in [-0.05, 0) is 17.5 Å². The normalized spacial score (nSPS) is 10.4. The number of allylic oxidation sites excluding steroid dienone is 2. The van der Waals surface area contributed by atoms with Crippen LogP contribution in [0.2, 0.25) is 0 Å². The molecule has 1 rings (SSSR count). The molecule has 0 saturated heterocycles. The number of benzene rings is 1. The lowest BCUT2D eigenvalue weighted by atomic mass is 10.2. The molecule has 0 unspecified atom stereocenters. The van der Waals surface area contributed by atoms with Crippen molar-refractivity contribution in [2.24, 2.45) is 5.11 Å². The molecular formula is C13H13N3O2. The van der Waals surface area contributed by atoms with Crippen LogP contribution in [0.3, 0.4) is 0 Å². The van der Waals surface area contributed by atoms with Crippen molar-refractivity contribution >= 4 is 12.2 Å². The van der Waals surface area contributed by atoms with E-state index in [9.17, 15) is 4.79 Å². The summed E-state index contributed by atoms with van der Waals surface area (Å²) in [5.74, 6) is 0. The third kappa shape index (κ3) is 6.15. The van der Waals surface area contributed by atoms with Gasteiger partial charge in [0.05, 0.1) is 6.61 Å². The molecule has 5 heteroatoms. The van der Waals surface area contributed by atoms with Crippen molar-refractivity contribution in [3.8, 4) is 0 Å². The van der Waals surface area contributed by atoms with Gasteiger partial charge >= 0.3 is 6.09 Å². The Kier molecular flexibility index (Phi) is 6.48. The van der Waals surface area contributed by atoms with Crippen molar-refractivity contribution in [2.45, 2.75) is 6.42 Å². The van der Waals surface area contributed by atoms with Crippen LogP contribution in [0.15, 0.2) is 53.7 Å². The monoisotopic (exact) mass is 243 g/mol. The number of hydrogen-bond acceptors (Lipinski definition) is 2.